The van der Waals surface area contributed by atoms with E-state index in [1.807, 2.05) is 30.3 Å². The minimum atomic E-state index is -0.186. The van der Waals surface area contributed by atoms with Gasteiger partial charge in [0.1, 0.15) is 0 Å². The SMILES string of the molecule is COc1ccc(C(=O)N(CCCN)Cc2cc(NC(=O)Cc3ccccc3)ccc2Cl)cc1OC. The summed E-state index contributed by atoms with van der Waals surface area (Å²) in [6.07, 6.45) is 0.892. The topological polar surface area (TPSA) is 93.9 Å². The molecule has 8 heteroatoms. The summed E-state index contributed by atoms with van der Waals surface area (Å²) in [5, 5.41) is 3.42. The van der Waals surface area contributed by atoms with Crippen molar-refractivity contribution in [2.75, 3.05) is 32.6 Å². The Morgan fingerprint density at radius 3 is 2.40 bits per heavy atom. The van der Waals surface area contributed by atoms with Gasteiger partial charge in [0.25, 0.3) is 5.91 Å². The van der Waals surface area contributed by atoms with Gasteiger partial charge < -0.3 is 25.4 Å². The van der Waals surface area contributed by atoms with Gasteiger partial charge in [-0.3, -0.25) is 9.59 Å². The van der Waals surface area contributed by atoms with E-state index in [4.69, 9.17) is 26.8 Å². The van der Waals surface area contributed by atoms with E-state index in [1.54, 1.807) is 48.4 Å². The average molecular weight is 496 g/mol. The Kier molecular flexibility index (Phi) is 9.52. The molecule has 35 heavy (non-hydrogen) atoms. The lowest BCUT2D eigenvalue weighted by Gasteiger charge is -2.24. The van der Waals surface area contributed by atoms with E-state index < -0.39 is 0 Å². The molecule has 0 heterocycles. The van der Waals surface area contributed by atoms with Crippen LogP contribution in [0.15, 0.2) is 66.7 Å². The molecule has 0 unspecified atom stereocenters. The van der Waals surface area contributed by atoms with Crippen molar-refractivity contribution in [1.29, 1.82) is 0 Å². The van der Waals surface area contributed by atoms with Crippen LogP contribution in [0.3, 0.4) is 0 Å². The second-order valence-corrected chi connectivity index (χ2v) is 8.36. The number of anilines is 1. The molecule has 3 N–H and O–H groups in total. The molecule has 0 fully saturated rings. The van der Waals surface area contributed by atoms with Crippen molar-refractivity contribution in [2.24, 2.45) is 5.73 Å². The third-order valence-electron chi connectivity index (χ3n) is 5.45. The maximum absolute atomic E-state index is 13.4. The number of carbonyl (C=O) groups is 2. The van der Waals surface area contributed by atoms with E-state index >= 15 is 0 Å². The van der Waals surface area contributed by atoms with Crippen molar-refractivity contribution < 1.29 is 19.1 Å². The molecule has 0 atom stereocenters. The number of hydrogen-bond acceptors (Lipinski definition) is 5. The van der Waals surface area contributed by atoms with Crippen LogP contribution < -0.4 is 20.5 Å². The van der Waals surface area contributed by atoms with Crippen LogP contribution >= 0.6 is 11.6 Å². The lowest BCUT2D eigenvalue weighted by Crippen LogP contribution is -2.32. The highest BCUT2D eigenvalue weighted by Gasteiger charge is 2.19. The predicted molar refractivity (Wildman–Crippen MR) is 138 cm³/mol. The average Bonchev–Trinajstić information content (AvgIpc) is 2.87. The summed E-state index contributed by atoms with van der Waals surface area (Å²) in [5.41, 5.74) is 8.43. The van der Waals surface area contributed by atoms with Crippen LogP contribution in [-0.2, 0) is 17.8 Å². The van der Waals surface area contributed by atoms with E-state index in [9.17, 15) is 9.59 Å². The highest BCUT2D eigenvalue weighted by Crippen LogP contribution is 2.29. The number of methoxy groups -OCH3 is 2. The predicted octanol–water partition coefficient (Wildman–Crippen LogP) is 4.53. The number of carbonyl (C=O) groups excluding carboxylic acids is 2. The van der Waals surface area contributed by atoms with Gasteiger partial charge in [-0.1, -0.05) is 41.9 Å². The number of ether oxygens (including phenoxy) is 2. The molecule has 0 aliphatic rings. The lowest BCUT2D eigenvalue weighted by molar-refractivity contribution is -0.115. The summed E-state index contributed by atoms with van der Waals surface area (Å²) in [7, 11) is 3.07. The van der Waals surface area contributed by atoms with E-state index in [0.717, 1.165) is 11.1 Å². The minimum absolute atomic E-state index is 0.133. The first-order valence-corrected chi connectivity index (χ1v) is 11.7. The number of nitrogens with two attached hydrogens (primary N) is 1. The van der Waals surface area contributed by atoms with Crippen LogP contribution in [0, 0.1) is 0 Å². The first kappa shape index (κ1) is 26.1. The number of amides is 2. The van der Waals surface area contributed by atoms with E-state index in [1.165, 1.54) is 7.11 Å². The molecule has 0 spiro atoms. The standard InChI is InChI=1S/C27H30ClN3O4/c1-34-24-12-9-20(17-25(24)35-2)27(33)31(14-6-13-29)18-21-16-22(10-11-23(21)28)30-26(32)15-19-7-4-3-5-8-19/h3-5,7-12,16-17H,6,13-15,18,29H2,1-2H3,(H,30,32). The largest absolute Gasteiger partial charge is 0.493 e. The highest BCUT2D eigenvalue weighted by atomic mass is 35.5. The van der Waals surface area contributed by atoms with Gasteiger partial charge >= 0.3 is 0 Å². The molecule has 0 aliphatic carbocycles. The zero-order valence-corrected chi connectivity index (χ0v) is 20.7. The van der Waals surface area contributed by atoms with Gasteiger partial charge in [-0.15, -0.1) is 0 Å². The number of nitrogens with zero attached hydrogens (tertiary/aromatic N) is 1. The monoisotopic (exact) mass is 495 g/mol. The van der Waals surface area contributed by atoms with Crippen molar-refractivity contribution in [3.63, 3.8) is 0 Å². The quantitative estimate of drug-likeness (QED) is 0.407. The minimum Gasteiger partial charge on any atom is -0.493 e. The fraction of sp³-hybridized carbons (Fsp3) is 0.259. The third kappa shape index (κ3) is 7.21. The Morgan fingerprint density at radius 2 is 1.71 bits per heavy atom. The molecular formula is C27H30ClN3O4. The molecule has 0 saturated carbocycles. The summed E-state index contributed by atoms with van der Waals surface area (Å²) < 4.78 is 10.6. The Balaban J connectivity index is 1.78. The zero-order chi connectivity index (χ0) is 25.2. The van der Waals surface area contributed by atoms with Crippen LogP contribution in [0.2, 0.25) is 5.02 Å². The fourth-order valence-electron chi connectivity index (χ4n) is 3.65. The van der Waals surface area contributed by atoms with E-state index in [-0.39, 0.29) is 24.8 Å². The molecule has 0 saturated heterocycles. The molecule has 3 rings (SSSR count). The summed E-state index contributed by atoms with van der Waals surface area (Å²) in [5.74, 6) is 0.692. The molecule has 7 nitrogen and oxygen atoms in total. The fourth-order valence-corrected chi connectivity index (χ4v) is 3.83. The Hall–Kier alpha value is -3.55. The second kappa shape index (κ2) is 12.8. The first-order chi connectivity index (χ1) is 16.9. The first-order valence-electron chi connectivity index (χ1n) is 11.3. The summed E-state index contributed by atoms with van der Waals surface area (Å²) >= 11 is 6.47. The lowest BCUT2D eigenvalue weighted by atomic mass is 10.1. The summed E-state index contributed by atoms with van der Waals surface area (Å²) in [4.78, 5) is 27.6. The maximum atomic E-state index is 13.4. The number of nitrogens with one attached hydrogen (secondary N) is 1. The zero-order valence-electron chi connectivity index (χ0n) is 19.9. The number of benzene rings is 3. The van der Waals surface area contributed by atoms with Crippen molar-refractivity contribution >= 4 is 29.1 Å². The maximum Gasteiger partial charge on any atom is 0.254 e. The van der Waals surface area contributed by atoms with Crippen molar-refractivity contribution in [3.05, 3.63) is 88.4 Å². The van der Waals surface area contributed by atoms with E-state index in [2.05, 4.69) is 5.32 Å². The van der Waals surface area contributed by atoms with Crippen LogP contribution in [0.1, 0.15) is 27.9 Å². The highest BCUT2D eigenvalue weighted by molar-refractivity contribution is 6.31. The van der Waals surface area contributed by atoms with Gasteiger partial charge in [-0.05, 0) is 60.5 Å². The summed E-state index contributed by atoms with van der Waals surface area (Å²) in [6, 6.07) is 19.8. The molecule has 3 aromatic carbocycles. The van der Waals surface area contributed by atoms with Gasteiger partial charge in [0.15, 0.2) is 11.5 Å². The Bertz CT molecular complexity index is 1150. The van der Waals surface area contributed by atoms with Gasteiger partial charge in [0.05, 0.1) is 20.6 Å². The van der Waals surface area contributed by atoms with Crippen LogP contribution in [0.5, 0.6) is 11.5 Å². The molecule has 0 bridgehead atoms. The number of hydrogen-bond donors (Lipinski definition) is 2. The molecule has 0 radical (unpaired) electrons. The van der Waals surface area contributed by atoms with Gasteiger partial charge in [-0.25, -0.2) is 0 Å². The number of halogens is 1. The Labute approximate surface area is 210 Å². The van der Waals surface area contributed by atoms with Crippen molar-refractivity contribution in [3.8, 4) is 11.5 Å². The second-order valence-electron chi connectivity index (χ2n) is 7.96. The smallest absolute Gasteiger partial charge is 0.254 e. The van der Waals surface area contributed by atoms with Crippen molar-refractivity contribution in [1.82, 2.24) is 4.90 Å². The van der Waals surface area contributed by atoms with Gasteiger partial charge in [0.2, 0.25) is 5.91 Å². The molecular weight excluding hydrogens is 466 g/mol. The molecule has 0 aliphatic heterocycles. The van der Waals surface area contributed by atoms with E-state index in [0.29, 0.717) is 47.3 Å². The molecule has 2 amide bonds. The molecule has 3 aromatic rings. The van der Waals surface area contributed by atoms with Crippen LogP contribution in [0.4, 0.5) is 5.69 Å². The number of rotatable bonds is 11. The van der Waals surface area contributed by atoms with Gasteiger partial charge in [-0.2, -0.15) is 0 Å². The van der Waals surface area contributed by atoms with Gasteiger partial charge in [0, 0.05) is 29.4 Å². The molecule has 184 valence electrons. The van der Waals surface area contributed by atoms with Crippen molar-refractivity contribution in [2.45, 2.75) is 19.4 Å². The third-order valence-corrected chi connectivity index (χ3v) is 5.82. The summed E-state index contributed by atoms with van der Waals surface area (Å²) in [6.45, 7) is 1.15. The van der Waals surface area contributed by atoms with Crippen LogP contribution in [-0.4, -0.2) is 44.0 Å². The molecule has 0 aromatic heterocycles. The normalized spacial score (nSPS) is 10.5. The van der Waals surface area contributed by atoms with Crippen LogP contribution in [0.25, 0.3) is 0 Å². The Morgan fingerprint density at radius 1 is 0.971 bits per heavy atom.